The summed E-state index contributed by atoms with van der Waals surface area (Å²) in [5.74, 6) is 4.14. The van der Waals surface area contributed by atoms with Gasteiger partial charge in [0.05, 0.1) is 12.7 Å². The van der Waals surface area contributed by atoms with Gasteiger partial charge in [-0.3, -0.25) is 14.6 Å². The maximum atomic E-state index is 13.7. The van der Waals surface area contributed by atoms with Crippen LogP contribution in [-0.2, 0) is 11.3 Å². The summed E-state index contributed by atoms with van der Waals surface area (Å²) in [5.41, 5.74) is 6.05. The van der Waals surface area contributed by atoms with E-state index >= 15 is 0 Å². The first-order valence-electron chi connectivity index (χ1n) is 7.42. The van der Waals surface area contributed by atoms with Gasteiger partial charge in [0.2, 0.25) is 5.91 Å². The summed E-state index contributed by atoms with van der Waals surface area (Å²) in [7, 11) is 1.56. The average molecular weight is 346 g/mol. The van der Waals surface area contributed by atoms with Crippen molar-refractivity contribution >= 4 is 17.5 Å². The van der Waals surface area contributed by atoms with Crippen LogP contribution in [0.5, 0.6) is 5.75 Å². The van der Waals surface area contributed by atoms with Crippen molar-refractivity contribution in [2.75, 3.05) is 19.4 Å². The maximum absolute atomic E-state index is 13.7. The zero-order chi connectivity index (χ0) is 18.4. The van der Waals surface area contributed by atoms with E-state index in [1.165, 1.54) is 12.1 Å². The first-order chi connectivity index (χ1) is 11.9. The lowest BCUT2D eigenvalue weighted by molar-refractivity contribution is -0.122. The average Bonchev–Trinajstić information content (AvgIpc) is 2.60. The molecule has 2 rings (SSSR count). The Balaban J connectivity index is 1.92. The van der Waals surface area contributed by atoms with Crippen LogP contribution in [-0.4, -0.2) is 30.5 Å². The quantitative estimate of drug-likeness (QED) is 0.313. The fourth-order valence-electron chi connectivity index (χ4n) is 2.14. The van der Waals surface area contributed by atoms with E-state index in [0.29, 0.717) is 10.8 Å². The van der Waals surface area contributed by atoms with Crippen molar-refractivity contribution < 1.29 is 18.7 Å². The number of benzene rings is 2. The molecule has 7 nitrogen and oxygen atoms in total. The summed E-state index contributed by atoms with van der Waals surface area (Å²) in [6.07, 6.45) is 0. The zero-order valence-electron chi connectivity index (χ0n) is 13.7. The van der Waals surface area contributed by atoms with Crippen LogP contribution in [0, 0.1) is 5.82 Å². The minimum Gasteiger partial charge on any atom is -0.497 e. The Kier molecular flexibility index (Phi) is 5.91. The number of hydrazine groups is 1. The molecule has 0 spiro atoms. The molecule has 0 heterocycles. The molecule has 0 aliphatic carbocycles. The molecule has 25 heavy (non-hydrogen) atoms. The number of anilines is 1. The van der Waals surface area contributed by atoms with Crippen LogP contribution in [0.3, 0.4) is 0 Å². The van der Waals surface area contributed by atoms with E-state index < -0.39 is 24.2 Å². The van der Waals surface area contributed by atoms with Crippen molar-refractivity contribution in [1.82, 2.24) is 10.3 Å². The van der Waals surface area contributed by atoms with Crippen LogP contribution in [0.25, 0.3) is 0 Å². The molecule has 0 aliphatic heterocycles. The minimum atomic E-state index is -0.866. The summed E-state index contributed by atoms with van der Waals surface area (Å²) in [6, 6.07) is 11.0. The van der Waals surface area contributed by atoms with Gasteiger partial charge in [-0.2, -0.15) is 0 Å². The molecule has 0 bridgehead atoms. The summed E-state index contributed by atoms with van der Waals surface area (Å²) < 4.78 is 18.8. The number of nitrogen functional groups attached to an aromatic ring is 1. The number of ether oxygens (including phenoxy) is 1. The van der Waals surface area contributed by atoms with Gasteiger partial charge in [0.1, 0.15) is 18.1 Å². The normalized spacial score (nSPS) is 10.2. The molecule has 2 aromatic rings. The lowest BCUT2D eigenvalue weighted by Crippen LogP contribution is -2.45. The molecular weight excluding hydrogens is 327 g/mol. The molecule has 0 saturated heterocycles. The molecule has 8 heteroatoms. The molecule has 2 aromatic carbocycles. The topological polar surface area (TPSA) is 111 Å². The van der Waals surface area contributed by atoms with E-state index in [9.17, 15) is 14.0 Å². The van der Waals surface area contributed by atoms with Gasteiger partial charge < -0.3 is 15.8 Å². The largest absolute Gasteiger partial charge is 0.497 e. The highest BCUT2D eigenvalue weighted by atomic mass is 19.1. The molecule has 0 aromatic heterocycles. The van der Waals surface area contributed by atoms with Crippen LogP contribution in [0.2, 0.25) is 0 Å². The summed E-state index contributed by atoms with van der Waals surface area (Å²) >= 11 is 0. The number of nitrogens with two attached hydrogens (primary N) is 2. The van der Waals surface area contributed by atoms with Crippen LogP contribution < -0.4 is 21.6 Å². The zero-order valence-corrected chi connectivity index (χ0v) is 13.7. The van der Waals surface area contributed by atoms with Crippen molar-refractivity contribution in [3.05, 3.63) is 59.4 Å². The molecule has 5 N–H and O–H groups in total. The molecular formula is C17H19FN4O3. The predicted molar refractivity (Wildman–Crippen MR) is 90.9 cm³/mol. The van der Waals surface area contributed by atoms with Crippen molar-refractivity contribution in [2.45, 2.75) is 6.54 Å². The second-order valence-corrected chi connectivity index (χ2v) is 5.26. The number of carbonyl (C=O) groups excluding carboxylic acids is 2. The van der Waals surface area contributed by atoms with Gasteiger partial charge in [0.25, 0.3) is 5.91 Å². The first-order valence-corrected chi connectivity index (χ1v) is 7.42. The van der Waals surface area contributed by atoms with Gasteiger partial charge in [-0.25, -0.2) is 10.2 Å². The highest BCUT2D eigenvalue weighted by Crippen LogP contribution is 2.17. The van der Waals surface area contributed by atoms with E-state index in [2.05, 4.69) is 5.32 Å². The van der Waals surface area contributed by atoms with Gasteiger partial charge in [-0.1, -0.05) is 18.2 Å². The van der Waals surface area contributed by atoms with Crippen LogP contribution in [0.4, 0.5) is 10.1 Å². The van der Waals surface area contributed by atoms with Crippen molar-refractivity contribution in [3.63, 3.8) is 0 Å². The summed E-state index contributed by atoms with van der Waals surface area (Å²) in [5, 5.41) is 3.25. The number of amides is 2. The standard InChI is InChI=1S/C17H19FN4O3/c1-25-12-7-5-11(6-8-12)9-21-15(23)10-22(20)17(24)16-13(18)3-2-4-14(16)19/h2-8H,9-10,19-20H2,1H3,(H,21,23). The Hall–Kier alpha value is -3.13. The van der Waals surface area contributed by atoms with E-state index in [-0.39, 0.29) is 17.8 Å². The molecule has 0 radical (unpaired) electrons. The highest BCUT2D eigenvalue weighted by Gasteiger charge is 2.21. The van der Waals surface area contributed by atoms with Crippen LogP contribution >= 0.6 is 0 Å². The minimum absolute atomic E-state index is 0.0425. The second-order valence-electron chi connectivity index (χ2n) is 5.26. The fraction of sp³-hybridized carbons (Fsp3) is 0.176. The Morgan fingerprint density at radius 1 is 1.20 bits per heavy atom. The Bertz CT molecular complexity index is 745. The first kappa shape index (κ1) is 18.2. The molecule has 132 valence electrons. The van der Waals surface area contributed by atoms with Gasteiger partial charge in [-0.15, -0.1) is 0 Å². The third kappa shape index (κ3) is 4.67. The molecule has 0 unspecified atom stereocenters. The van der Waals surface area contributed by atoms with E-state index in [1.807, 2.05) is 0 Å². The van der Waals surface area contributed by atoms with Gasteiger partial charge in [0.15, 0.2) is 0 Å². The number of hydrogen-bond donors (Lipinski definition) is 3. The van der Waals surface area contributed by atoms with E-state index in [4.69, 9.17) is 16.3 Å². The summed E-state index contributed by atoms with van der Waals surface area (Å²) in [4.78, 5) is 24.1. The van der Waals surface area contributed by atoms with E-state index in [1.54, 1.807) is 31.4 Å². The van der Waals surface area contributed by atoms with Gasteiger partial charge >= 0.3 is 0 Å². The van der Waals surface area contributed by atoms with Crippen LogP contribution in [0.1, 0.15) is 15.9 Å². The van der Waals surface area contributed by atoms with Crippen LogP contribution in [0.15, 0.2) is 42.5 Å². The van der Waals surface area contributed by atoms with Crippen molar-refractivity contribution in [3.8, 4) is 5.75 Å². The number of methoxy groups -OCH3 is 1. The highest BCUT2D eigenvalue weighted by molar-refractivity contribution is 6.00. The number of carbonyl (C=O) groups is 2. The lowest BCUT2D eigenvalue weighted by atomic mass is 10.1. The number of nitrogens with one attached hydrogen (secondary N) is 1. The lowest BCUT2D eigenvalue weighted by Gasteiger charge is -2.17. The Morgan fingerprint density at radius 3 is 2.48 bits per heavy atom. The number of halogens is 1. The predicted octanol–water partition coefficient (Wildman–Crippen LogP) is 1.05. The monoisotopic (exact) mass is 346 g/mol. The molecule has 0 fully saturated rings. The van der Waals surface area contributed by atoms with Crippen molar-refractivity contribution in [1.29, 1.82) is 0 Å². The summed E-state index contributed by atoms with van der Waals surface area (Å²) in [6.45, 7) is -0.171. The SMILES string of the molecule is COc1ccc(CNC(=O)CN(N)C(=O)c2c(N)cccc2F)cc1. The molecule has 0 saturated carbocycles. The number of rotatable bonds is 6. The fourth-order valence-corrected chi connectivity index (χ4v) is 2.14. The Labute approximate surface area is 144 Å². The van der Waals surface area contributed by atoms with E-state index in [0.717, 1.165) is 11.6 Å². The molecule has 0 atom stereocenters. The maximum Gasteiger partial charge on any atom is 0.273 e. The van der Waals surface area contributed by atoms with Crippen molar-refractivity contribution in [2.24, 2.45) is 5.84 Å². The number of nitrogens with zero attached hydrogens (tertiary/aromatic N) is 1. The van der Waals surface area contributed by atoms with Gasteiger partial charge in [0, 0.05) is 12.2 Å². The third-order valence-electron chi connectivity index (χ3n) is 3.48. The number of hydrogen-bond acceptors (Lipinski definition) is 5. The van der Waals surface area contributed by atoms with Gasteiger partial charge in [-0.05, 0) is 29.8 Å². The molecule has 0 aliphatic rings. The second kappa shape index (κ2) is 8.11. The Morgan fingerprint density at radius 2 is 1.88 bits per heavy atom. The third-order valence-corrected chi connectivity index (χ3v) is 3.48. The molecule has 2 amide bonds. The smallest absolute Gasteiger partial charge is 0.273 e.